The monoisotopic (exact) mass is 591 g/mol. The number of nitrogens with one attached hydrogen (secondary N) is 1. The van der Waals surface area contributed by atoms with Gasteiger partial charge in [-0.25, -0.2) is 4.39 Å². The second kappa shape index (κ2) is 24.5. The minimum absolute atomic E-state index is 0.207. The Bertz CT molecular complexity index is 1120. The third-order valence-corrected chi connectivity index (χ3v) is 6.97. The normalized spacial score (nSPS) is 16.9. The minimum atomic E-state index is -0.207. The maximum atomic E-state index is 14.6. The van der Waals surface area contributed by atoms with Crippen molar-refractivity contribution in [1.29, 1.82) is 0 Å². The molecule has 1 aliphatic rings. The van der Waals surface area contributed by atoms with Gasteiger partial charge in [0.15, 0.2) is 0 Å². The van der Waals surface area contributed by atoms with Crippen molar-refractivity contribution in [2.45, 2.75) is 114 Å². The van der Waals surface area contributed by atoms with E-state index < -0.39 is 0 Å². The maximum Gasteiger partial charge on any atom is 0.131 e. The first-order chi connectivity index (χ1) is 20.6. The molecule has 1 heterocycles. The van der Waals surface area contributed by atoms with Crippen molar-refractivity contribution in [2.24, 2.45) is 4.99 Å². The third-order valence-electron chi connectivity index (χ3n) is 6.97. The Hall–Kier alpha value is -2.98. The molecule has 3 nitrogen and oxygen atoms in total. The van der Waals surface area contributed by atoms with Crippen molar-refractivity contribution < 1.29 is 4.39 Å². The van der Waals surface area contributed by atoms with Gasteiger partial charge in [0.25, 0.3) is 0 Å². The van der Waals surface area contributed by atoms with E-state index in [1.165, 1.54) is 42.9 Å². The largest absolute Gasteiger partial charge is 0.372 e. The van der Waals surface area contributed by atoms with E-state index in [0.717, 1.165) is 55.0 Å². The molecule has 1 N–H and O–H groups in total. The van der Waals surface area contributed by atoms with Crippen LogP contribution in [0.5, 0.6) is 0 Å². The summed E-state index contributed by atoms with van der Waals surface area (Å²) < 4.78 is 14.6. The molecule has 0 bridgehead atoms. The smallest absolute Gasteiger partial charge is 0.131 e. The molecule has 0 amide bonds. The molecule has 1 atom stereocenters. The molecule has 0 aromatic heterocycles. The Kier molecular flexibility index (Phi) is 22.8. The summed E-state index contributed by atoms with van der Waals surface area (Å²) in [6, 6.07) is 7.39. The molecule has 2 rings (SSSR count). The molecular weight excluding hydrogens is 529 g/mol. The first kappa shape index (κ1) is 40.0. The van der Waals surface area contributed by atoms with Crippen LogP contribution in [-0.4, -0.2) is 36.3 Å². The van der Waals surface area contributed by atoms with Gasteiger partial charge >= 0.3 is 0 Å². The molecule has 1 unspecified atom stereocenters. The van der Waals surface area contributed by atoms with Gasteiger partial charge in [0, 0.05) is 54.4 Å². The highest BCUT2D eigenvalue weighted by molar-refractivity contribution is 6.12. The van der Waals surface area contributed by atoms with Gasteiger partial charge in [-0.2, -0.15) is 0 Å². The quantitative estimate of drug-likeness (QED) is 0.149. The number of allylic oxidation sites excluding steroid dienone is 10. The van der Waals surface area contributed by atoms with Gasteiger partial charge in [-0.15, -0.1) is 6.58 Å². The van der Waals surface area contributed by atoms with E-state index in [4.69, 9.17) is 0 Å². The Balaban J connectivity index is 0.000000906. The second-order valence-corrected chi connectivity index (χ2v) is 11.3. The van der Waals surface area contributed by atoms with E-state index in [0.29, 0.717) is 11.6 Å². The van der Waals surface area contributed by atoms with Gasteiger partial charge < -0.3 is 10.2 Å². The molecule has 1 fully saturated rings. The van der Waals surface area contributed by atoms with Crippen LogP contribution >= 0.6 is 0 Å². The molecule has 1 saturated heterocycles. The van der Waals surface area contributed by atoms with E-state index in [9.17, 15) is 4.39 Å². The Morgan fingerprint density at radius 2 is 1.67 bits per heavy atom. The van der Waals surface area contributed by atoms with Gasteiger partial charge in [-0.05, 0) is 78.9 Å². The van der Waals surface area contributed by atoms with Gasteiger partial charge in [-0.3, -0.25) is 4.99 Å². The van der Waals surface area contributed by atoms with Crippen molar-refractivity contribution in [3.8, 4) is 0 Å². The van der Waals surface area contributed by atoms with Crippen molar-refractivity contribution >= 4 is 11.3 Å². The molecule has 0 saturated carbocycles. The molecule has 1 aliphatic heterocycles. The fourth-order valence-electron chi connectivity index (χ4n) is 4.77. The van der Waals surface area contributed by atoms with Crippen LogP contribution in [0.25, 0.3) is 5.57 Å². The lowest BCUT2D eigenvalue weighted by Gasteiger charge is -2.36. The number of benzene rings is 1. The lowest BCUT2D eigenvalue weighted by Crippen LogP contribution is -2.48. The Morgan fingerprint density at radius 3 is 2.19 bits per heavy atom. The molecule has 43 heavy (non-hydrogen) atoms. The lowest BCUT2D eigenvalue weighted by molar-refractivity contribution is 0.256. The van der Waals surface area contributed by atoms with E-state index in [2.05, 4.69) is 95.4 Å². The van der Waals surface area contributed by atoms with Crippen LogP contribution in [0.15, 0.2) is 94.8 Å². The van der Waals surface area contributed by atoms with Crippen molar-refractivity contribution in [1.82, 2.24) is 10.2 Å². The Labute approximate surface area is 265 Å². The number of hydrogen-bond acceptors (Lipinski definition) is 3. The number of hydrogen-bond donors (Lipinski definition) is 1. The predicted molar refractivity (Wildman–Crippen MR) is 192 cm³/mol. The van der Waals surface area contributed by atoms with Gasteiger partial charge in [-0.1, -0.05) is 100 Å². The number of piperazine rings is 1. The van der Waals surface area contributed by atoms with Crippen LogP contribution in [0.4, 0.5) is 4.39 Å². The molecule has 4 heteroatoms. The highest BCUT2D eigenvalue weighted by Crippen LogP contribution is 2.30. The zero-order valence-electron chi connectivity index (χ0n) is 29.2. The SMILES string of the molecule is C=C(C)CCC.CC/C=C/C=C(/C)CCC.C\C=C(C(/C(C)=N/C=C/CC)=C(/C)N1CCNC(C)C1)\c1ccccc1F. The van der Waals surface area contributed by atoms with Crippen molar-refractivity contribution in [2.75, 3.05) is 19.6 Å². The van der Waals surface area contributed by atoms with Crippen LogP contribution in [0.2, 0.25) is 0 Å². The second-order valence-electron chi connectivity index (χ2n) is 11.3. The van der Waals surface area contributed by atoms with Gasteiger partial charge in [0.2, 0.25) is 0 Å². The van der Waals surface area contributed by atoms with Gasteiger partial charge in [0.05, 0.1) is 0 Å². The third kappa shape index (κ3) is 17.0. The van der Waals surface area contributed by atoms with E-state index in [1.54, 1.807) is 6.07 Å². The highest BCUT2D eigenvalue weighted by atomic mass is 19.1. The van der Waals surface area contributed by atoms with Crippen LogP contribution < -0.4 is 5.32 Å². The summed E-state index contributed by atoms with van der Waals surface area (Å²) in [7, 11) is 0. The summed E-state index contributed by atoms with van der Waals surface area (Å²) in [5.74, 6) is -0.207. The van der Waals surface area contributed by atoms with Crippen LogP contribution in [0, 0.1) is 5.82 Å². The maximum absolute atomic E-state index is 14.6. The van der Waals surface area contributed by atoms with Crippen molar-refractivity contribution in [3.63, 3.8) is 0 Å². The lowest BCUT2D eigenvalue weighted by atomic mass is 9.92. The molecule has 1 aromatic carbocycles. The zero-order valence-corrected chi connectivity index (χ0v) is 29.2. The molecule has 0 aliphatic carbocycles. The summed E-state index contributed by atoms with van der Waals surface area (Å²) in [6.45, 7) is 27.7. The standard InChI is InChI=1S/C23H32FN3.C10H18.C6H12/c1-6-8-13-26-18(4)23(19(5)27-15-14-25-17(3)16-27)20(7-2)21-11-9-10-12-22(21)24;1-4-6-7-9-10(3)8-5-2;1-4-5-6(2)3/h7-13,17,25H,6,14-16H2,1-5H3;6-7,9H,4-5,8H2,1-3H3;2,4-5H2,1,3H3/b13-8+,20-7-,23-19-,26-18+;7-6+,10-9-;. The zero-order chi connectivity index (χ0) is 32.6. The topological polar surface area (TPSA) is 27.6 Å². The number of halogens is 1. The first-order valence-corrected chi connectivity index (χ1v) is 16.3. The van der Waals surface area contributed by atoms with Crippen LogP contribution in [0.1, 0.15) is 113 Å². The predicted octanol–water partition coefficient (Wildman–Crippen LogP) is 11.2. The summed E-state index contributed by atoms with van der Waals surface area (Å²) >= 11 is 0. The van der Waals surface area contributed by atoms with Crippen LogP contribution in [0.3, 0.4) is 0 Å². The summed E-state index contributed by atoms with van der Waals surface area (Å²) in [4.78, 5) is 7.02. The van der Waals surface area contributed by atoms with E-state index in [-0.39, 0.29) is 5.82 Å². The molecule has 240 valence electrons. The first-order valence-electron chi connectivity index (χ1n) is 16.3. The number of aliphatic imine (C=N–C) groups is 1. The molecule has 0 radical (unpaired) electrons. The molecule has 1 aromatic rings. The summed E-state index contributed by atoms with van der Waals surface area (Å²) in [5.41, 5.74) is 7.34. The van der Waals surface area contributed by atoms with Gasteiger partial charge in [0.1, 0.15) is 5.82 Å². The average molecular weight is 592 g/mol. The minimum Gasteiger partial charge on any atom is -0.372 e. The van der Waals surface area contributed by atoms with Crippen LogP contribution in [-0.2, 0) is 0 Å². The summed E-state index contributed by atoms with van der Waals surface area (Å²) in [5, 5.41) is 3.48. The number of nitrogens with zero attached hydrogens (tertiary/aromatic N) is 2. The van der Waals surface area contributed by atoms with Crippen molar-refractivity contribution in [3.05, 3.63) is 101 Å². The Morgan fingerprint density at radius 1 is 1.02 bits per heavy atom. The summed E-state index contributed by atoms with van der Waals surface area (Å²) in [6.07, 6.45) is 19.4. The van der Waals surface area contributed by atoms with E-state index >= 15 is 0 Å². The average Bonchev–Trinajstić information content (AvgIpc) is 2.97. The fraction of sp³-hybridized carbons (Fsp3) is 0.513. The molecular formula is C39H62FN3. The highest BCUT2D eigenvalue weighted by Gasteiger charge is 2.22. The fourth-order valence-corrected chi connectivity index (χ4v) is 4.77. The molecule has 0 spiro atoms. The number of rotatable bonds is 12. The van der Waals surface area contributed by atoms with E-state index in [1.807, 2.05) is 44.3 Å².